The van der Waals surface area contributed by atoms with Gasteiger partial charge in [-0.2, -0.15) is 0 Å². The third-order valence-electron chi connectivity index (χ3n) is 3.77. The molecule has 7 heteroatoms. The Bertz CT molecular complexity index is 644. The lowest BCUT2D eigenvalue weighted by Gasteiger charge is -2.19. The first-order valence-corrected chi connectivity index (χ1v) is 8.25. The SMILES string of the molecule is COC(=O)C1CCCC1S(=O)(=O)Nc1ccc(F)c(C)c1. The second kappa shape index (κ2) is 6.01. The second-order valence-corrected chi connectivity index (χ2v) is 7.11. The van der Waals surface area contributed by atoms with Gasteiger partial charge in [-0.3, -0.25) is 9.52 Å². The van der Waals surface area contributed by atoms with Gasteiger partial charge >= 0.3 is 5.97 Å². The molecule has 1 fully saturated rings. The maximum absolute atomic E-state index is 13.2. The van der Waals surface area contributed by atoms with E-state index in [1.807, 2.05) is 0 Å². The number of carbonyl (C=O) groups is 1. The van der Waals surface area contributed by atoms with Crippen molar-refractivity contribution in [2.75, 3.05) is 11.8 Å². The molecule has 1 aromatic rings. The molecule has 116 valence electrons. The normalized spacial score (nSPS) is 22.0. The number of halogens is 1. The summed E-state index contributed by atoms with van der Waals surface area (Å²) in [6.45, 7) is 1.56. The fourth-order valence-corrected chi connectivity index (χ4v) is 4.43. The Morgan fingerprint density at radius 3 is 2.71 bits per heavy atom. The molecule has 2 unspecified atom stereocenters. The summed E-state index contributed by atoms with van der Waals surface area (Å²) >= 11 is 0. The Morgan fingerprint density at radius 2 is 2.10 bits per heavy atom. The van der Waals surface area contributed by atoms with E-state index in [0.717, 1.165) is 0 Å². The molecule has 1 aromatic carbocycles. The van der Waals surface area contributed by atoms with Gasteiger partial charge in [0.25, 0.3) is 0 Å². The van der Waals surface area contributed by atoms with Crippen LogP contribution in [0.5, 0.6) is 0 Å². The Hall–Kier alpha value is -1.63. The summed E-state index contributed by atoms with van der Waals surface area (Å²) in [5.41, 5.74) is 0.649. The summed E-state index contributed by atoms with van der Waals surface area (Å²) < 4.78 is 45.1. The first kappa shape index (κ1) is 15.8. The highest BCUT2D eigenvalue weighted by Gasteiger charge is 2.42. The summed E-state index contributed by atoms with van der Waals surface area (Å²) in [6, 6.07) is 4.00. The first-order valence-electron chi connectivity index (χ1n) is 6.71. The number of nitrogens with one attached hydrogen (secondary N) is 1. The van der Waals surface area contributed by atoms with E-state index in [-0.39, 0.29) is 0 Å². The number of esters is 1. The molecule has 1 aliphatic rings. The maximum atomic E-state index is 13.2. The Kier molecular flexibility index (Phi) is 4.51. The van der Waals surface area contributed by atoms with Crippen LogP contribution in [0.3, 0.4) is 0 Å². The molecule has 0 aliphatic heterocycles. The quantitative estimate of drug-likeness (QED) is 0.865. The minimum absolute atomic E-state index is 0.296. The number of methoxy groups -OCH3 is 1. The molecule has 2 rings (SSSR count). The molecule has 1 N–H and O–H groups in total. The fraction of sp³-hybridized carbons (Fsp3) is 0.500. The van der Waals surface area contributed by atoms with Gasteiger partial charge in [0, 0.05) is 5.69 Å². The summed E-state index contributed by atoms with van der Waals surface area (Å²) in [7, 11) is -2.47. The number of carbonyl (C=O) groups excluding carboxylic acids is 1. The number of anilines is 1. The summed E-state index contributed by atoms with van der Waals surface area (Å²) in [6.07, 6.45) is 1.57. The van der Waals surface area contributed by atoms with Crippen molar-refractivity contribution >= 4 is 21.7 Å². The molecule has 0 radical (unpaired) electrons. The smallest absolute Gasteiger partial charge is 0.310 e. The molecular formula is C14H18FNO4S. The van der Waals surface area contributed by atoms with E-state index in [4.69, 9.17) is 0 Å². The predicted molar refractivity (Wildman–Crippen MR) is 76.8 cm³/mol. The largest absolute Gasteiger partial charge is 0.469 e. The van der Waals surface area contributed by atoms with Crippen molar-refractivity contribution in [2.24, 2.45) is 5.92 Å². The van der Waals surface area contributed by atoms with E-state index in [1.54, 1.807) is 6.92 Å². The van der Waals surface area contributed by atoms with Crippen molar-refractivity contribution in [1.29, 1.82) is 0 Å². The highest BCUT2D eigenvalue weighted by atomic mass is 32.2. The minimum atomic E-state index is -3.72. The number of aryl methyl sites for hydroxylation is 1. The van der Waals surface area contributed by atoms with Crippen LogP contribution in [0.2, 0.25) is 0 Å². The predicted octanol–water partition coefficient (Wildman–Crippen LogP) is 2.22. The highest BCUT2D eigenvalue weighted by molar-refractivity contribution is 7.93. The van der Waals surface area contributed by atoms with Gasteiger partial charge < -0.3 is 4.74 Å². The molecule has 1 aliphatic carbocycles. The molecule has 2 atom stereocenters. The highest BCUT2D eigenvalue weighted by Crippen LogP contribution is 2.33. The van der Waals surface area contributed by atoms with E-state index in [2.05, 4.69) is 9.46 Å². The van der Waals surface area contributed by atoms with Crippen LogP contribution in [-0.2, 0) is 19.6 Å². The molecule has 1 saturated carbocycles. The molecule has 0 spiro atoms. The van der Waals surface area contributed by atoms with Crippen LogP contribution in [0.1, 0.15) is 24.8 Å². The van der Waals surface area contributed by atoms with E-state index in [1.165, 1.54) is 25.3 Å². The Morgan fingerprint density at radius 1 is 1.38 bits per heavy atom. The Balaban J connectivity index is 2.21. The van der Waals surface area contributed by atoms with Gasteiger partial charge in [-0.15, -0.1) is 0 Å². The van der Waals surface area contributed by atoms with Gasteiger partial charge in [-0.1, -0.05) is 6.42 Å². The van der Waals surface area contributed by atoms with Crippen molar-refractivity contribution in [3.63, 3.8) is 0 Å². The van der Waals surface area contributed by atoms with Crippen molar-refractivity contribution in [1.82, 2.24) is 0 Å². The molecule has 5 nitrogen and oxygen atoms in total. The van der Waals surface area contributed by atoms with E-state index < -0.39 is 33.0 Å². The van der Waals surface area contributed by atoms with Gasteiger partial charge in [-0.05, 0) is 43.5 Å². The Labute approximate surface area is 123 Å². The van der Waals surface area contributed by atoms with Crippen LogP contribution in [0, 0.1) is 18.7 Å². The summed E-state index contributed by atoms with van der Waals surface area (Å²) in [5.74, 6) is -1.54. The molecule has 21 heavy (non-hydrogen) atoms. The molecule has 0 saturated heterocycles. The number of benzene rings is 1. The van der Waals surface area contributed by atoms with Crippen molar-refractivity contribution in [3.8, 4) is 0 Å². The van der Waals surface area contributed by atoms with Crippen molar-refractivity contribution < 1.29 is 22.3 Å². The molecule has 0 bridgehead atoms. The summed E-state index contributed by atoms with van der Waals surface area (Å²) in [4.78, 5) is 11.7. The van der Waals surface area contributed by atoms with E-state index in [9.17, 15) is 17.6 Å². The standard InChI is InChI=1S/C14H18FNO4S/c1-9-8-10(6-7-12(9)15)16-21(18,19)13-5-3-4-11(13)14(17)20-2/h6-8,11,13,16H,3-5H2,1-2H3. The lowest BCUT2D eigenvalue weighted by Crippen LogP contribution is -2.35. The zero-order chi connectivity index (χ0) is 15.6. The van der Waals surface area contributed by atoms with Crippen molar-refractivity contribution in [3.05, 3.63) is 29.6 Å². The van der Waals surface area contributed by atoms with E-state index in [0.29, 0.717) is 30.5 Å². The number of ether oxygens (including phenoxy) is 1. The van der Waals surface area contributed by atoms with Gasteiger partial charge in [0.15, 0.2) is 0 Å². The van der Waals surface area contributed by atoms with Crippen LogP contribution >= 0.6 is 0 Å². The first-order chi connectivity index (χ1) is 9.85. The van der Waals surface area contributed by atoms with Crippen LogP contribution in [0.15, 0.2) is 18.2 Å². The monoisotopic (exact) mass is 315 g/mol. The van der Waals surface area contributed by atoms with Gasteiger partial charge in [0.1, 0.15) is 5.82 Å². The zero-order valence-electron chi connectivity index (χ0n) is 11.9. The minimum Gasteiger partial charge on any atom is -0.469 e. The zero-order valence-corrected chi connectivity index (χ0v) is 12.7. The third-order valence-corrected chi connectivity index (χ3v) is 5.65. The lowest BCUT2D eigenvalue weighted by atomic mass is 10.1. The lowest BCUT2D eigenvalue weighted by molar-refractivity contribution is -0.145. The number of sulfonamides is 1. The van der Waals surface area contributed by atoms with Crippen LogP contribution in [0.25, 0.3) is 0 Å². The fourth-order valence-electron chi connectivity index (χ4n) is 2.67. The number of rotatable bonds is 4. The van der Waals surface area contributed by atoms with Crippen LogP contribution < -0.4 is 4.72 Å². The van der Waals surface area contributed by atoms with Crippen LogP contribution in [0.4, 0.5) is 10.1 Å². The van der Waals surface area contributed by atoms with Crippen molar-refractivity contribution in [2.45, 2.75) is 31.4 Å². The van der Waals surface area contributed by atoms with Gasteiger partial charge in [0.2, 0.25) is 10.0 Å². The van der Waals surface area contributed by atoms with E-state index >= 15 is 0 Å². The van der Waals surface area contributed by atoms with Gasteiger partial charge in [-0.25, -0.2) is 12.8 Å². The van der Waals surface area contributed by atoms with Gasteiger partial charge in [0.05, 0.1) is 18.3 Å². The molecule has 0 aromatic heterocycles. The maximum Gasteiger partial charge on any atom is 0.310 e. The number of hydrogen-bond donors (Lipinski definition) is 1. The average molecular weight is 315 g/mol. The topological polar surface area (TPSA) is 72.5 Å². The molecule has 0 amide bonds. The second-order valence-electron chi connectivity index (χ2n) is 5.21. The number of hydrogen-bond acceptors (Lipinski definition) is 4. The summed E-state index contributed by atoms with van der Waals surface area (Å²) in [5, 5.41) is -0.810. The van der Waals surface area contributed by atoms with Crippen LogP contribution in [-0.4, -0.2) is 26.7 Å². The third kappa shape index (κ3) is 3.34. The molecule has 0 heterocycles. The average Bonchev–Trinajstić information content (AvgIpc) is 2.92. The molecular weight excluding hydrogens is 297 g/mol.